The molecular formula is C19H23ClN4S. The molecule has 1 unspecified atom stereocenters. The maximum absolute atomic E-state index is 6.15. The summed E-state index contributed by atoms with van der Waals surface area (Å²) in [5.74, 6) is 1.77. The van der Waals surface area contributed by atoms with Crippen LogP contribution in [0, 0.1) is 5.92 Å². The fraction of sp³-hybridized carbons (Fsp3) is 0.368. The Bertz CT molecular complexity index is 720. The van der Waals surface area contributed by atoms with Crippen LogP contribution in [0.25, 0.3) is 0 Å². The molecule has 1 saturated heterocycles. The van der Waals surface area contributed by atoms with Crippen LogP contribution in [0.4, 0.5) is 11.5 Å². The predicted octanol–water partition coefficient (Wildman–Crippen LogP) is 4.46. The fourth-order valence-electron chi connectivity index (χ4n) is 3.04. The summed E-state index contributed by atoms with van der Waals surface area (Å²) in [6.07, 6.45) is 4.37. The summed E-state index contributed by atoms with van der Waals surface area (Å²) in [5, 5.41) is 7.63. The molecule has 1 fully saturated rings. The molecule has 0 saturated carbocycles. The molecule has 3 rings (SSSR count). The molecule has 0 radical (unpaired) electrons. The van der Waals surface area contributed by atoms with Gasteiger partial charge in [-0.1, -0.05) is 36.7 Å². The lowest BCUT2D eigenvalue weighted by Gasteiger charge is -2.31. The van der Waals surface area contributed by atoms with Crippen molar-refractivity contribution in [3.05, 3.63) is 53.2 Å². The van der Waals surface area contributed by atoms with E-state index in [0.717, 1.165) is 41.1 Å². The second-order valence-electron chi connectivity index (χ2n) is 6.50. The van der Waals surface area contributed by atoms with Crippen molar-refractivity contribution >= 4 is 40.4 Å². The van der Waals surface area contributed by atoms with E-state index in [1.54, 1.807) is 0 Å². The van der Waals surface area contributed by atoms with E-state index < -0.39 is 0 Å². The monoisotopic (exact) mass is 374 g/mol. The zero-order valence-electron chi connectivity index (χ0n) is 14.3. The first-order valence-corrected chi connectivity index (χ1v) is 9.39. The number of piperidine rings is 1. The SMILES string of the molecule is CC1CCCN(c2ccc(NC(=S)NCc3ccccc3Cl)cn2)C1. The third-order valence-electron chi connectivity index (χ3n) is 4.38. The first-order valence-electron chi connectivity index (χ1n) is 8.61. The third kappa shape index (κ3) is 5.06. The van der Waals surface area contributed by atoms with Gasteiger partial charge in [-0.25, -0.2) is 4.98 Å². The van der Waals surface area contributed by atoms with Crippen molar-refractivity contribution in [2.45, 2.75) is 26.3 Å². The Labute approximate surface area is 159 Å². The maximum atomic E-state index is 6.15. The molecular weight excluding hydrogens is 352 g/mol. The number of pyridine rings is 1. The number of anilines is 2. The van der Waals surface area contributed by atoms with Crippen LogP contribution in [0.2, 0.25) is 5.02 Å². The van der Waals surface area contributed by atoms with Gasteiger partial charge in [0.15, 0.2) is 5.11 Å². The van der Waals surface area contributed by atoms with Crippen molar-refractivity contribution in [1.29, 1.82) is 0 Å². The Hall–Kier alpha value is -1.85. The van der Waals surface area contributed by atoms with Gasteiger partial charge in [0, 0.05) is 24.7 Å². The lowest BCUT2D eigenvalue weighted by molar-refractivity contribution is 0.444. The highest BCUT2D eigenvalue weighted by molar-refractivity contribution is 7.80. The molecule has 2 aromatic rings. The van der Waals surface area contributed by atoms with Gasteiger partial charge in [0.1, 0.15) is 5.82 Å². The lowest BCUT2D eigenvalue weighted by Crippen LogP contribution is -2.34. The summed E-state index contributed by atoms with van der Waals surface area (Å²) in [5.41, 5.74) is 1.89. The van der Waals surface area contributed by atoms with Crippen LogP contribution in [0.3, 0.4) is 0 Å². The summed E-state index contributed by atoms with van der Waals surface area (Å²) in [7, 11) is 0. The fourth-order valence-corrected chi connectivity index (χ4v) is 3.43. The minimum Gasteiger partial charge on any atom is -0.358 e. The van der Waals surface area contributed by atoms with Gasteiger partial charge in [0.05, 0.1) is 11.9 Å². The minimum atomic E-state index is 0.557. The van der Waals surface area contributed by atoms with Crippen LogP contribution < -0.4 is 15.5 Å². The highest BCUT2D eigenvalue weighted by Crippen LogP contribution is 2.22. The molecule has 0 aliphatic carbocycles. The highest BCUT2D eigenvalue weighted by Gasteiger charge is 2.17. The minimum absolute atomic E-state index is 0.557. The van der Waals surface area contributed by atoms with Crippen LogP contribution in [0.1, 0.15) is 25.3 Å². The number of aromatic nitrogens is 1. The zero-order valence-corrected chi connectivity index (χ0v) is 15.9. The van der Waals surface area contributed by atoms with Gasteiger partial charge in [0.25, 0.3) is 0 Å². The Morgan fingerprint density at radius 3 is 2.88 bits per heavy atom. The number of thiocarbonyl (C=S) groups is 1. The molecule has 0 spiro atoms. The molecule has 1 atom stereocenters. The second-order valence-corrected chi connectivity index (χ2v) is 7.31. The van der Waals surface area contributed by atoms with E-state index in [-0.39, 0.29) is 0 Å². The predicted molar refractivity (Wildman–Crippen MR) is 109 cm³/mol. The van der Waals surface area contributed by atoms with Crippen molar-refractivity contribution in [3.8, 4) is 0 Å². The molecule has 1 aliphatic heterocycles. The molecule has 2 heterocycles. The van der Waals surface area contributed by atoms with E-state index in [1.165, 1.54) is 12.8 Å². The molecule has 4 nitrogen and oxygen atoms in total. The Balaban J connectivity index is 1.52. The standard InChI is InChI=1S/C19H23ClN4S/c1-14-5-4-10-24(13-14)18-9-8-16(12-21-18)23-19(25)22-11-15-6-2-3-7-17(15)20/h2-3,6-9,12,14H,4-5,10-11,13H2,1H3,(H2,22,23,25). The molecule has 1 aliphatic rings. The van der Waals surface area contributed by atoms with E-state index in [2.05, 4.69) is 33.5 Å². The van der Waals surface area contributed by atoms with Gasteiger partial charge in [-0.05, 0) is 54.7 Å². The number of nitrogens with one attached hydrogen (secondary N) is 2. The summed E-state index contributed by atoms with van der Waals surface area (Å²) >= 11 is 11.5. The number of hydrogen-bond acceptors (Lipinski definition) is 3. The van der Waals surface area contributed by atoms with Crippen molar-refractivity contribution in [1.82, 2.24) is 10.3 Å². The van der Waals surface area contributed by atoms with Crippen molar-refractivity contribution in [2.75, 3.05) is 23.3 Å². The third-order valence-corrected chi connectivity index (χ3v) is 5.00. The molecule has 6 heteroatoms. The second kappa shape index (κ2) is 8.50. The van der Waals surface area contributed by atoms with Gasteiger partial charge < -0.3 is 15.5 Å². The van der Waals surface area contributed by atoms with E-state index >= 15 is 0 Å². The summed E-state index contributed by atoms with van der Waals surface area (Å²) in [6, 6.07) is 11.8. The van der Waals surface area contributed by atoms with Crippen LogP contribution >= 0.6 is 23.8 Å². The van der Waals surface area contributed by atoms with Crippen molar-refractivity contribution in [2.24, 2.45) is 5.92 Å². The normalized spacial score (nSPS) is 17.2. The number of nitrogens with zero attached hydrogens (tertiary/aromatic N) is 2. The quantitative estimate of drug-likeness (QED) is 0.773. The number of benzene rings is 1. The molecule has 25 heavy (non-hydrogen) atoms. The highest BCUT2D eigenvalue weighted by atomic mass is 35.5. The maximum Gasteiger partial charge on any atom is 0.171 e. The van der Waals surface area contributed by atoms with Crippen LogP contribution in [0.15, 0.2) is 42.6 Å². The van der Waals surface area contributed by atoms with Gasteiger partial charge >= 0.3 is 0 Å². The van der Waals surface area contributed by atoms with E-state index in [1.807, 2.05) is 36.5 Å². The Kier molecular flexibility index (Phi) is 6.10. The molecule has 0 amide bonds. The zero-order chi connectivity index (χ0) is 17.6. The number of hydrogen-bond donors (Lipinski definition) is 2. The Morgan fingerprint density at radius 1 is 1.32 bits per heavy atom. The average Bonchev–Trinajstić information content (AvgIpc) is 2.62. The molecule has 1 aromatic carbocycles. The van der Waals surface area contributed by atoms with Crippen molar-refractivity contribution in [3.63, 3.8) is 0 Å². The number of halogens is 1. The van der Waals surface area contributed by atoms with E-state index in [4.69, 9.17) is 23.8 Å². The molecule has 2 N–H and O–H groups in total. The van der Waals surface area contributed by atoms with Crippen LogP contribution in [-0.4, -0.2) is 23.2 Å². The topological polar surface area (TPSA) is 40.2 Å². The smallest absolute Gasteiger partial charge is 0.171 e. The summed E-state index contributed by atoms with van der Waals surface area (Å²) in [6.45, 7) is 5.05. The first kappa shape index (κ1) is 18.0. The van der Waals surface area contributed by atoms with Gasteiger partial charge in [0.2, 0.25) is 0 Å². The van der Waals surface area contributed by atoms with Crippen molar-refractivity contribution < 1.29 is 0 Å². The Morgan fingerprint density at radius 2 is 2.16 bits per heavy atom. The van der Waals surface area contributed by atoms with Gasteiger partial charge in [-0.15, -0.1) is 0 Å². The molecule has 132 valence electrons. The van der Waals surface area contributed by atoms with E-state index in [0.29, 0.717) is 11.7 Å². The summed E-state index contributed by atoms with van der Waals surface area (Å²) in [4.78, 5) is 6.93. The van der Waals surface area contributed by atoms with Gasteiger partial charge in [-0.2, -0.15) is 0 Å². The summed E-state index contributed by atoms with van der Waals surface area (Å²) < 4.78 is 0. The van der Waals surface area contributed by atoms with E-state index in [9.17, 15) is 0 Å². The largest absolute Gasteiger partial charge is 0.358 e. The molecule has 1 aromatic heterocycles. The lowest BCUT2D eigenvalue weighted by atomic mass is 10.0. The number of rotatable bonds is 4. The molecule has 0 bridgehead atoms. The van der Waals surface area contributed by atoms with Crippen LogP contribution in [-0.2, 0) is 6.54 Å². The average molecular weight is 375 g/mol. The first-order chi connectivity index (χ1) is 12.1. The van der Waals surface area contributed by atoms with Crippen LogP contribution in [0.5, 0.6) is 0 Å². The van der Waals surface area contributed by atoms with Gasteiger partial charge in [-0.3, -0.25) is 0 Å².